The predicted molar refractivity (Wildman–Crippen MR) is 100 cm³/mol. The number of carboxylic acid groups (broad SMARTS) is 1. The standard InChI is InChI=1S/C19H18N2O3S/c22-18(23)9-13-11-25-8-7-21(13)19(24)17-10-15-14-4-2-1-3-12(14)5-6-16(15)20-17/h1-6,10,13,20H,7-9,11H2,(H,22,23). The lowest BCUT2D eigenvalue weighted by atomic mass is 10.1. The Bertz CT molecular complexity index is 966. The largest absolute Gasteiger partial charge is 0.481 e. The van der Waals surface area contributed by atoms with E-state index in [1.807, 2.05) is 42.5 Å². The van der Waals surface area contributed by atoms with E-state index in [1.54, 1.807) is 16.7 Å². The van der Waals surface area contributed by atoms with E-state index in [4.69, 9.17) is 5.11 Å². The third kappa shape index (κ3) is 2.98. The lowest BCUT2D eigenvalue weighted by Gasteiger charge is -2.34. The second-order valence-corrected chi connectivity index (χ2v) is 7.41. The van der Waals surface area contributed by atoms with Gasteiger partial charge in [0, 0.05) is 29.0 Å². The highest BCUT2D eigenvalue weighted by atomic mass is 32.2. The predicted octanol–water partition coefficient (Wildman–Crippen LogP) is 3.35. The van der Waals surface area contributed by atoms with Gasteiger partial charge in [-0.25, -0.2) is 0 Å². The van der Waals surface area contributed by atoms with Gasteiger partial charge in [0.1, 0.15) is 5.69 Å². The van der Waals surface area contributed by atoms with Crippen molar-refractivity contribution in [3.05, 3.63) is 48.2 Å². The van der Waals surface area contributed by atoms with Gasteiger partial charge in [-0.05, 0) is 22.9 Å². The second-order valence-electron chi connectivity index (χ2n) is 6.26. The number of aliphatic carboxylic acids is 1. The molecule has 2 aromatic carbocycles. The third-order valence-corrected chi connectivity index (χ3v) is 5.75. The molecule has 0 spiro atoms. The number of amides is 1. The van der Waals surface area contributed by atoms with E-state index < -0.39 is 5.97 Å². The van der Waals surface area contributed by atoms with E-state index in [0.29, 0.717) is 18.0 Å². The number of carbonyl (C=O) groups excluding carboxylic acids is 1. The Kier molecular flexibility index (Phi) is 4.13. The second kappa shape index (κ2) is 6.44. The summed E-state index contributed by atoms with van der Waals surface area (Å²) in [6.45, 7) is 0.581. The number of thioether (sulfide) groups is 1. The number of hydrogen-bond donors (Lipinski definition) is 2. The topological polar surface area (TPSA) is 73.4 Å². The minimum Gasteiger partial charge on any atom is -0.481 e. The van der Waals surface area contributed by atoms with Gasteiger partial charge in [0.2, 0.25) is 0 Å². The fraction of sp³-hybridized carbons (Fsp3) is 0.263. The van der Waals surface area contributed by atoms with Crippen LogP contribution in [-0.4, -0.2) is 51.0 Å². The van der Waals surface area contributed by atoms with Crippen LogP contribution in [0.1, 0.15) is 16.9 Å². The summed E-state index contributed by atoms with van der Waals surface area (Å²) in [6.07, 6.45) is -0.0120. The van der Waals surface area contributed by atoms with E-state index in [0.717, 1.165) is 27.4 Å². The molecular weight excluding hydrogens is 336 g/mol. The van der Waals surface area contributed by atoms with E-state index in [-0.39, 0.29) is 18.4 Å². The summed E-state index contributed by atoms with van der Waals surface area (Å²) in [6, 6.07) is 13.7. The summed E-state index contributed by atoms with van der Waals surface area (Å²) in [5.74, 6) is 0.520. The molecule has 1 fully saturated rings. The van der Waals surface area contributed by atoms with E-state index >= 15 is 0 Å². The Hall–Kier alpha value is -2.47. The molecule has 1 amide bonds. The van der Waals surface area contributed by atoms with Crippen LogP contribution < -0.4 is 0 Å². The van der Waals surface area contributed by atoms with Crippen LogP contribution in [0.2, 0.25) is 0 Å². The highest BCUT2D eigenvalue weighted by Crippen LogP contribution is 2.27. The highest BCUT2D eigenvalue weighted by Gasteiger charge is 2.30. The van der Waals surface area contributed by atoms with Gasteiger partial charge in [-0.2, -0.15) is 11.8 Å². The smallest absolute Gasteiger partial charge is 0.305 e. The molecule has 25 heavy (non-hydrogen) atoms. The van der Waals surface area contributed by atoms with Crippen molar-refractivity contribution in [2.24, 2.45) is 0 Å². The fourth-order valence-corrected chi connectivity index (χ4v) is 4.51. The summed E-state index contributed by atoms with van der Waals surface area (Å²) >= 11 is 1.70. The number of aromatic amines is 1. The number of rotatable bonds is 3. The third-order valence-electron chi connectivity index (χ3n) is 4.66. The van der Waals surface area contributed by atoms with Crippen molar-refractivity contribution < 1.29 is 14.7 Å². The first kappa shape index (κ1) is 16.0. The first-order chi connectivity index (χ1) is 12.1. The van der Waals surface area contributed by atoms with Gasteiger partial charge in [-0.3, -0.25) is 9.59 Å². The fourth-order valence-electron chi connectivity index (χ4n) is 3.45. The number of benzene rings is 2. The maximum Gasteiger partial charge on any atom is 0.305 e. The van der Waals surface area contributed by atoms with Crippen LogP contribution in [-0.2, 0) is 4.79 Å². The Labute approximate surface area is 149 Å². The molecule has 0 radical (unpaired) electrons. The average molecular weight is 354 g/mol. The van der Waals surface area contributed by atoms with Crippen molar-refractivity contribution in [3.63, 3.8) is 0 Å². The number of hydrogen-bond acceptors (Lipinski definition) is 3. The molecule has 0 aliphatic carbocycles. The van der Waals surface area contributed by atoms with Gasteiger partial charge in [-0.15, -0.1) is 0 Å². The minimum atomic E-state index is -0.868. The van der Waals surface area contributed by atoms with Crippen LogP contribution in [0.4, 0.5) is 0 Å². The van der Waals surface area contributed by atoms with Gasteiger partial charge >= 0.3 is 5.97 Å². The summed E-state index contributed by atoms with van der Waals surface area (Å²) in [5, 5.41) is 12.4. The van der Waals surface area contributed by atoms with Crippen molar-refractivity contribution in [2.75, 3.05) is 18.1 Å². The quantitative estimate of drug-likeness (QED) is 0.756. The molecule has 1 saturated heterocycles. The zero-order chi connectivity index (χ0) is 17.4. The zero-order valence-electron chi connectivity index (χ0n) is 13.6. The minimum absolute atomic E-state index is 0.0120. The van der Waals surface area contributed by atoms with Crippen LogP contribution in [0.25, 0.3) is 21.7 Å². The lowest BCUT2D eigenvalue weighted by Crippen LogP contribution is -2.47. The Morgan fingerprint density at radius 3 is 2.88 bits per heavy atom. The summed E-state index contributed by atoms with van der Waals surface area (Å²) in [7, 11) is 0. The molecule has 5 nitrogen and oxygen atoms in total. The molecule has 128 valence electrons. The molecule has 2 heterocycles. The van der Waals surface area contributed by atoms with Crippen molar-refractivity contribution in [3.8, 4) is 0 Å². The first-order valence-electron chi connectivity index (χ1n) is 8.24. The molecule has 1 aliphatic rings. The normalized spacial score (nSPS) is 17.9. The maximum absolute atomic E-state index is 13.0. The van der Waals surface area contributed by atoms with Crippen LogP contribution >= 0.6 is 11.8 Å². The van der Waals surface area contributed by atoms with Crippen molar-refractivity contribution >= 4 is 45.3 Å². The Morgan fingerprint density at radius 1 is 1.20 bits per heavy atom. The van der Waals surface area contributed by atoms with Crippen molar-refractivity contribution in [1.82, 2.24) is 9.88 Å². The molecule has 2 N–H and O–H groups in total. The summed E-state index contributed by atoms with van der Waals surface area (Å²) in [4.78, 5) is 29.0. The monoisotopic (exact) mass is 354 g/mol. The van der Waals surface area contributed by atoms with Crippen molar-refractivity contribution in [1.29, 1.82) is 0 Å². The maximum atomic E-state index is 13.0. The van der Waals surface area contributed by atoms with Gasteiger partial charge < -0.3 is 15.0 Å². The number of nitrogens with zero attached hydrogens (tertiary/aromatic N) is 1. The first-order valence-corrected chi connectivity index (χ1v) is 9.40. The van der Waals surface area contributed by atoms with Crippen molar-refractivity contribution in [2.45, 2.75) is 12.5 Å². The average Bonchev–Trinajstić information content (AvgIpc) is 3.06. The zero-order valence-corrected chi connectivity index (χ0v) is 14.4. The molecule has 3 aromatic rings. The van der Waals surface area contributed by atoms with Gasteiger partial charge in [0.15, 0.2) is 0 Å². The number of carbonyl (C=O) groups is 2. The van der Waals surface area contributed by atoms with Crippen LogP contribution in [0.5, 0.6) is 0 Å². The molecular formula is C19H18N2O3S. The molecule has 1 aromatic heterocycles. The summed E-state index contributed by atoms with van der Waals surface area (Å²) < 4.78 is 0. The molecule has 0 bridgehead atoms. The van der Waals surface area contributed by atoms with Crippen LogP contribution in [0.3, 0.4) is 0 Å². The molecule has 1 aliphatic heterocycles. The SMILES string of the molecule is O=C(O)CC1CSCCN1C(=O)c1cc2c(ccc3ccccc32)[nH]1. The van der Waals surface area contributed by atoms with Gasteiger partial charge in [0.25, 0.3) is 5.91 Å². The molecule has 4 rings (SSSR count). The van der Waals surface area contributed by atoms with Gasteiger partial charge in [-0.1, -0.05) is 30.3 Å². The molecule has 6 heteroatoms. The molecule has 1 atom stereocenters. The highest BCUT2D eigenvalue weighted by molar-refractivity contribution is 7.99. The van der Waals surface area contributed by atoms with E-state index in [9.17, 15) is 9.59 Å². The number of fused-ring (bicyclic) bond motifs is 3. The number of H-pyrrole nitrogens is 1. The Morgan fingerprint density at radius 2 is 2.04 bits per heavy atom. The van der Waals surface area contributed by atoms with E-state index in [1.165, 1.54) is 0 Å². The van der Waals surface area contributed by atoms with Crippen LogP contribution in [0, 0.1) is 0 Å². The number of aromatic nitrogens is 1. The number of carboxylic acids is 1. The molecule has 0 saturated carbocycles. The van der Waals surface area contributed by atoms with E-state index in [2.05, 4.69) is 4.98 Å². The lowest BCUT2D eigenvalue weighted by molar-refractivity contribution is -0.138. The van der Waals surface area contributed by atoms with Crippen LogP contribution in [0.15, 0.2) is 42.5 Å². The molecule has 1 unspecified atom stereocenters. The summed E-state index contributed by atoms with van der Waals surface area (Å²) in [5.41, 5.74) is 1.44. The van der Waals surface area contributed by atoms with Gasteiger partial charge in [0.05, 0.1) is 12.5 Å². The number of nitrogens with one attached hydrogen (secondary N) is 1. The Balaban J connectivity index is 1.71.